The highest BCUT2D eigenvalue weighted by Gasteiger charge is 2.45. The van der Waals surface area contributed by atoms with Gasteiger partial charge in [0.25, 0.3) is 5.95 Å². The highest BCUT2D eigenvalue weighted by atomic mass is 35.5. The number of hydroxylamine groups is 1. The minimum Gasteiger partial charge on any atom is -0.414 e. The lowest BCUT2D eigenvalue weighted by atomic mass is 9.71. The predicted octanol–water partition coefficient (Wildman–Crippen LogP) is 9.60. The molecule has 0 spiro atoms. The normalized spacial score (nSPS) is 19.5. The Morgan fingerprint density at radius 3 is 2.17 bits per heavy atom. The highest BCUT2D eigenvalue weighted by molar-refractivity contribution is 6.77. The molecule has 1 aromatic heterocycles. The van der Waals surface area contributed by atoms with Crippen LogP contribution in [0.5, 0.6) is 0 Å². The van der Waals surface area contributed by atoms with Crippen LogP contribution in [0.2, 0.25) is 34.7 Å². The van der Waals surface area contributed by atoms with E-state index in [2.05, 4.69) is 75.4 Å². The maximum Gasteiger partial charge on any atom is 0.330 e. The summed E-state index contributed by atoms with van der Waals surface area (Å²) in [5, 5.41) is 2.52. The second kappa shape index (κ2) is 15.1. The number of urea groups is 1. The van der Waals surface area contributed by atoms with Crippen LogP contribution in [0.3, 0.4) is 0 Å². The van der Waals surface area contributed by atoms with Crippen molar-refractivity contribution in [3.63, 3.8) is 0 Å². The third-order valence-corrected chi connectivity index (χ3v) is 17.3. The SMILES string of the molecule is CC(C)[Si](OCCN1C(=O)N(c2ccccc2Cl)Cc2cnc(N(O[SiH](C)C)[C@H]3CC[C@H](C(C)(C)C)CC3)nc21)(C(C)C)C(C)C. The third-order valence-electron chi connectivity index (χ3n) is 10.2. The van der Waals surface area contributed by atoms with Crippen molar-refractivity contribution in [1.82, 2.24) is 9.97 Å². The second-order valence-electron chi connectivity index (χ2n) is 15.5. The van der Waals surface area contributed by atoms with Crippen LogP contribution in [-0.2, 0) is 15.5 Å². The fraction of sp³-hybridized carbons (Fsp3) is 0.686. The molecular formula is C35H58ClN5O3Si2. The Kier molecular flexibility index (Phi) is 12.1. The van der Waals surface area contributed by atoms with Crippen molar-refractivity contribution in [3.8, 4) is 0 Å². The van der Waals surface area contributed by atoms with Gasteiger partial charge in [0, 0.05) is 11.8 Å². The Bertz CT molecular complexity index is 1310. The summed E-state index contributed by atoms with van der Waals surface area (Å²) in [7, 11) is -3.61. The summed E-state index contributed by atoms with van der Waals surface area (Å²) in [4.78, 5) is 27.8. The molecule has 1 aliphatic heterocycles. The summed E-state index contributed by atoms with van der Waals surface area (Å²) in [5.41, 5.74) is 3.20. The van der Waals surface area contributed by atoms with E-state index < -0.39 is 17.4 Å². The molecule has 2 heterocycles. The van der Waals surface area contributed by atoms with Gasteiger partial charge in [-0.05, 0) is 78.9 Å². The van der Waals surface area contributed by atoms with Crippen molar-refractivity contribution in [3.05, 3.63) is 41.0 Å². The zero-order valence-electron chi connectivity index (χ0n) is 30.1. The Morgan fingerprint density at radius 2 is 1.63 bits per heavy atom. The van der Waals surface area contributed by atoms with E-state index in [1.165, 1.54) is 0 Å². The van der Waals surface area contributed by atoms with Gasteiger partial charge in [-0.1, -0.05) is 86.0 Å². The molecule has 0 radical (unpaired) electrons. The van der Waals surface area contributed by atoms with Crippen molar-refractivity contribution in [2.75, 3.05) is 28.0 Å². The van der Waals surface area contributed by atoms with Gasteiger partial charge in [0.05, 0.1) is 36.4 Å². The van der Waals surface area contributed by atoms with Crippen molar-refractivity contribution >= 4 is 52.4 Å². The quantitative estimate of drug-likeness (QED) is 0.163. The van der Waals surface area contributed by atoms with Crippen molar-refractivity contribution in [1.29, 1.82) is 0 Å². The zero-order valence-corrected chi connectivity index (χ0v) is 33.1. The van der Waals surface area contributed by atoms with E-state index >= 15 is 0 Å². The molecule has 0 unspecified atom stereocenters. The van der Waals surface area contributed by atoms with Gasteiger partial charge in [-0.3, -0.25) is 9.80 Å². The lowest BCUT2D eigenvalue weighted by Gasteiger charge is -2.43. The number of halogens is 1. The molecule has 0 saturated heterocycles. The standard InChI is InChI=1S/C35H58ClN5O3Si2/c1-24(2)46(25(3)4,26(5)6)43-21-20-39-32-27(23-40(34(39)42)31-15-13-12-14-30(31)36)22-37-33(38-32)41(44-45(10)11)29-18-16-28(17-19-29)35(7,8)9/h12-15,22,24-26,28-29,45H,16-21,23H2,1-11H3/t28-,29-. The van der Waals surface area contributed by atoms with E-state index in [1.54, 1.807) is 9.80 Å². The molecule has 8 nitrogen and oxygen atoms in total. The number of carbonyl (C=O) groups is 1. The van der Waals surface area contributed by atoms with E-state index in [1.807, 2.05) is 35.5 Å². The molecule has 2 amide bonds. The zero-order chi connectivity index (χ0) is 34.0. The Hall–Kier alpha value is -1.99. The smallest absolute Gasteiger partial charge is 0.330 e. The summed E-state index contributed by atoms with van der Waals surface area (Å²) in [5.74, 6) is 1.86. The average molecular weight is 689 g/mol. The largest absolute Gasteiger partial charge is 0.414 e. The molecule has 1 fully saturated rings. The predicted molar refractivity (Wildman–Crippen MR) is 197 cm³/mol. The monoisotopic (exact) mass is 687 g/mol. The first-order chi connectivity index (χ1) is 21.6. The molecule has 1 aliphatic carbocycles. The molecule has 2 aliphatic rings. The third kappa shape index (κ3) is 7.83. The van der Waals surface area contributed by atoms with Crippen LogP contribution in [0.15, 0.2) is 30.5 Å². The molecule has 4 rings (SSSR count). The van der Waals surface area contributed by atoms with Gasteiger partial charge >= 0.3 is 6.03 Å². The summed E-state index contributed by atoms with van der Waals surface area (Å²) < 4.78 is 13.5. The fourth-order valence-corrected chi connectivity index (χ4v) is 14.3. The molecule has 1 aromatic carbocycles. The van der Waals surface area contributed by atoms with Gasteiger partial charge in [-0.2, -0.15) is 4.98 Å². The lowest BCUT2D eigenvalue weighted by molar-refractivity contribution is 0.133. The minimum absolute atomic E-state index is 0.156. The lowest BCUT2D eigenvalue weighted by Crippen LogP contribution is -2.52. The van der Waals surface area contributed by atoms with Crippen LogP contribution >= 0.6 is 11.6 Å². The molecule has 0 N–H and O–H groups in total. The summed E-state index contributed by atoms with van der Waals surface area (Å²) >= 11 is 6.62. The number of anilines is 3. The van der Waals surface area contributed by atoms with Crippen LogP contribution in [0.25, 0.3) is 0 Å². The van der Waals surface area contributed by atoms with Crippen LogP contribution in [-0.4, -0.2) is 52.6 Å². The molecule has 0 bridgehead atoms. The number of nitrogens with zero attached hydrogens (tertiary/aromatic N) is 5. The molecule has 1 saturated carbocycles. The topological polar surface area (TPSA) is 71.0 Å². The molecule has 2 aromatic rings. The van der Waals surface area contributed by atoms with Gasteiger partial charge in [0.15, 0.2) is 8.32 Å². The molecule has 46 heavy (non-hydrogen) atoms. The number of carbonyl (C=O) groups excluding carboxylic acids is 1. The summed E-state index contributed by atoms with van der Waals surface area (Å²) in [6, 6.07) is 7.54. The number of benzene rings is 1. The highest BCUT2D eigenvalue weighted by Crippen LogP contribution is 2.43. The Labute approximate surface area is 286 Å². The second-order valence-corrected chi connectivity index (χ2v) is 23.7. The molecular weight excluding hydrogens is 630 g/mol. The Morgan fingerprint density at radius 1 is 1.02 bits per heavy atom. The van der Waals surface area contributed by atoms with Gasteiger partial charge in [-0.25, -0.2) is 14.8 Å². The number of amides is 2. The van der Waals surface area contributed by atoms with Crippen molar-refractivity contribution in [2.24, 2.45) is 11.3 Å². The summed E-state index contributed by atoms with van der Waals surface area (Å²) in [6.45, 7) is 26.3. The van der Waals surface area contributed by atoms with E-state index in [0.717, 1.165) is 31.2 Å². The molecule has 256 valence electrons. The van der Waals surface area contributed by atoms with Crippen LogP contribution in [0, 0.1) is 11.3 Å². The average Bonchev–Trinajstić information content (AvgIpc) is 2.98. The van der Waals surface area contributed by atoms with Crippen LogP contribution in [0.4, 0.5) is 22.2 Å². The minimum atomic E-state index is -2.13. The number of aromatic nitrogens is 2. The van der Waals surface area contributed by atoms with E-state index in [-0.39, 0.29) is 12.1 Å². The number of hydrogen-bond donors (Lipinski definition) is 0. The van der Waals surface area contributed by atoms with Gasteiger partial charge in [-0.15, -0.1) is 0 Å². The van der Waals surface area contributed by atoms with Crippen molar-refractivity contribution in [2.45, 2.75) is 130 Å². The van der Waals surface area contributed by atoms with E-state index in [9.17, 15) is 4.79 Å². The van der Waals surface area contributed by atoms with Crippen LogP contribution < -0.4 is 14.9 Å². The number of fused-ring (bicyclic) bond motifs is 1. The number of rotatable bonds is 12. The van der Waals surface area contributed by atoms with Gasteiger partial charge in [0.1, 0.15) is 5.82 Å². The molecule has 0 atom stereocenters. The van der Waals surface area contributed by atoms with E-state index in [4.69, 9.17) is 30.5 Å². The van der Waals surface area contributed by atoms with Crippen molar-refractivity contribution < 1.29 is 13.7 Å². The van der Waals surface area contributed by atoms with Gasteiger partial charge in [0.2, 0.25) is 9.04 Å². The fourth-order valence-electron chi connectivity index (χ4n) is 7.89. The maximum atomic E-state index is 14.3. The number of hydrogen-bond acceptors (Lipinski definition) is 6. The maximum absolute atomic E-state index is 14.3. The van der Waals surface area contributed by atoms with Crippen LogP contribution in [0.1, 0.15) is 93.6 Å². The Balaban J connectivity index is 1.70. The first-order valence-corrected chi connectivity index (χ1v) is 22.7. The molecule has 11 heteroatoms. The number of para-hydroxylation sites is 1. The van der Waals surface area contributed by atoms with Gasteiger partial charge < -0.3 is 8.95 Å². The summed E-state index contributed by atoms with van der Waals surface area (Å²) in [6.07, 6.45) is 6.25. The van der Waals surface area contributed by atoms with E-state index in [0.29, 0.717) is 70.1 Å². The first kappa shape index (κ1) is 36.8. The first-order valence-electron chi connectivity index (χ1n) is 17.4.